The van der Waals surface area contributed by atoms with E-state index >= 15 is 0 Å². The molecule has 1 N–H and O–H groups in total. The van der Waals surface area contributed by atoms with Crippen molar-refractivity contribution in [3.63, 3.8) is 0 Å². The smallest absolute Gasteiger partial charge is 0.175 e. The van der Waals surface area contributed by atoms with Crippen LogP contribution in [0, 0.1) is 5.92 Å². The average molecular weight is 393 g/mol. The van der Waals surface area contributed by atoms with Crippen LogP contribution in [0.25, 0.3) is 10.9 Å². The average Bonchev–Trinajstić information content (AvgIpc) is 2.61. The Kier molecular flexibility index (Phi) is 5.98. The molecule has 1 aliphatic rings. The molecule has 0 spiro atoms. The molecule has 2 heterocycles. The molecule has 1 atom stereocenters. The molecule has 27 heavy (non-hydrogen) atoms. The zero-order valence-electron chi connectivity index (χ0n) is 16.2. The van der Waals surface area contributed by atoms with Crippen molar-refractivity contribution >= 4 is 26.6 Å². The number of β-amino-alcohol motifs (C(OH)–C–C–N with tert-alkyl or cyclic N) is 1. The molecule has 1 aromatic carbocycles. The van der Waals surface area contributed by atoms with Gasteiger partial charge in [-0.1, -0.05) is 0 Å². The third-order valence-electron chi connectivity index (χ3n) is 5.14. The maximum Gasteiger partial charge on any atom is 0.175 e. The molecular formula is C19H28N4O3S. The number of sulfone groups is 1. The molecule has 1 unspecified atom stereocenters. The number of nitrogens with zero attached hydrogens (tertiary/aromatic N) is 4. The predicted octanol–water partition coefficient (Wildman–Crippen LogP) is 1.56. The number of anilines is 1. The van der Waals surface area contributed by atoms with Gasteiger partial charge >= 0.3 is 0 Å². The standard InChI is InChI=1S/C19H28N4O3S/c1-14(24)11-23-8-6-15(7-9-23)12-22(2)19-17-10-16(27(3,25)26)4-5-18(17)20-13-21-19/h4-5,10,13-15,24H,6-9,11-12H2,1-3H3. The van der Waals surface area contributed by atoms with Gasteiger partial charge in [-0.2, -0.15) is 0 Å². The minimum Gasteiger partial charge on any atom is -0.392 e. The molecule has 0 radical (unpaired) electrons. The first-order chi connectivity index (χ1) is 12.7. The number of benzene rings is 1. The Morgan fingerprint density at radius 3 is 2.63 bits per heavy atom. The number of rotatable bonds is 6. The van der Waals surface area contributed by atoms with Gasteiger partial charge in [0.1, 0.15) is 12.1 Å². The molecule has 1 aliphatic heterocycles. The summed E-state index contributed by atoms with van der Waals surface area (Å²) in [5, 5.41) is 10.3. The van der Waals surface area contributed by atoms with E-state index in [4.69, 9.17) is 0 Å². The number of hydrogen-bond donors (Lipinski definition) is 1. The van der Waals surface area contributed by atoms with E-state index in [1.165, 1.54) is 12.6 Å². The number of hydrogen-bond acceptors (Lipinski definition) is 7. The third-order valence-corrected chi connectivity index (χ3v) is 6.25. The normalized spacial score (nSPS) is 17.9. The van der Waals surface area contributed by atoms with Gasteiger partial charge in [-0.3, -0.25) is 0 Å². The van der Waals surface area contributed by atoms with Gasteiger partial charge in [0.25, 0.3) is 0 Å². The van der Waals surface area contributed by atoms with Crippen LogP contribution >= 0.6 is 0 Å². The minimum absolute atomic E-state index is 0.283. The summed E-state index contributed by atoms with van der Waals surface area (Å²) in [6.45, 7) is 5.40. The Bertz CT molecular complexity index is 893. The van der Waals surface area contributed by atoms with E-state index < -0.39 is 9.84 Å². The number of piperidine rings is 1. The number of likely N-dealkylation sites (tertiary alicyclic amines) is 1. The third kappa shape index (κ3) is 4.94. The maximum atomic E-state index is 11.9. The van der Waals surface area contributed by atoms with Crippen molar-refractivity contribution in [2.24, 2.45) is 5.92 Å². The SMILES string of the molecule is CC(O)CN1CCC(CN(C)c2ncnc3ccc(S(C)(=O)=O)cc23)CC1. The molecule has 148 valence electrons. The van der Waals surface area contributed by atoms with E-state index in [1.54, 1.807) is 18.2 Å². The highest BCUT2D eigenvalue weighted by molar-refractivity contribution is 7.90. The molecule has 8 heteroatoms. The molecule has 0 aliphatic carbocycles. The number of aliphatic hydroxyl groups excluding tert-OH is 1. The molecule has 1 saturated heterocycles. The Balaban J connectivity index is 1.75. The van der Waals surface area contributed by atoms with E-state index in [-0.39, 0.29) is 11.0 Å². The van der Waals surface area contributed by atoms with Crippen LogP contribution in [0.5, 0.6) is 0 Å². The van der Waals surface area contributed by atoms with Gasteiger partial charge in [-0.05, 0) is 57.0 Å². The fraction of sp³-hybridized carbons (Fsp3) is 0.579. The number of fused-ring (bicyclic) bond motifs is 1. The first kappa shape index (κ1) is 20.0. The molecular weight excluding hydrogens is 364 g/mol. The summed E-state index contributed by atoms with van der Waals surface area (Å²) in [6, 6.07) is 4.99. The molecule has 0 bridgehead atoms. The Hall–Kier alpha value is -1.77. The molecule has 7 nitrogen and oxygen atoms in total. The highest BCUT2D eigenvalue weighted by Crippen LogP contribution is 2.27. The van der Waals surface area contributed by atoms with Crippen molar-refractivity contribution < 1.29 is 13.5 Å². The second-order valence-corrected chi connectivity index (χ2v) is 9.64. The van der Waals surface area contributed by atoms with Crippen LogP contribution in [0.2, 0.25) is 0 Å². The summed E-state index contributed by atoms with van der Waals surface area (Å²) >= 11 is 0. The Morgan fingerprint density at radius 2 is 2.00 bits per heavy atom. The summed E-state index contributed by atoms with van der Waals surface area (Å²) in [4.78, 5) is 13.4. The zero-order valence-corrected chi connectivity index (χ0v) is 17.0. The lowest BCUT2D eigenvalue weighted by molar-refractivity contribution is 0.101. The van der Waals surface area contributed by atoms with E-state index in [0.29, 0.717) is 5.92 Å². The summed E-state index contributed by atoms with van der Waals surface area (Å²) in [5.41, 5.74) is 0.742. The summed E-state index contributed by atoms with van der Waals surface area (Å²) in [5.74, 6) is 1.31. The van der Waals surface area contributed by atoms with Crippen LogP contribution in [0.3, 0.4) is 0 Å². The molecule has 0 saturated carbocycles. The van der Waals surface area contributed by atoms with Gasteiger partial charge in [0.15, 0.2) is 9.84 Å². The lowest BCUT2D eigenvalue weighted by Crippen LogP contribution is -2.40. The molecule has 2 aromatic rings. The van der Waals surface area contributed by atoms with Crippen LogP contribution in [0.15, 0.2) is 29.4 Å². The summed E-state index contributed by atoms with van der Waals surface area (Å²) < 4.78 is 23.8. The van der Waals surface area contributed by atoms with E-state index in [2.05, 4.69) is 19.8 Å². The first-order valence-electron chi connectivity index (χ1n) is 9.30. The van der Waals surface area contributed by atoms with E-state index in [1.807, 2.05) is 14.0 Å². The number of aliphatic hydroxyl groups is 1. The topological polar surface area (TPSA) is 86.6 Å². The summed E-state index contributed by atoms with van der Waals surface area (Å²) in [6.07, 6.45) is 4.60. The van der Waals surface area contributed by atoms with E-state index in [0.717, 1.165) is 55.7 Å². The molecule has 0 amide bonds. The number of aromatic nitrogens is 2. The van der Waals surface area contributed by atoms with Gasteiger partial charge in [0.05, 0.1) is 16.5 Å². The molecule has 3 rings (SSSR count). The van der Waals surface area contributed by atoms with Gasteiger partial charge in [-0.15, -0.1) is 0 Å². The van der Waals surface area contributed by atoms with Gasteiger partial charge in [-0.25, -0.2) is 18.4 Å². The van der Waals surface area contributed by atoms with Crippen molar-refractivity contribution in [3.8, 4) is 0 Å². The van der Waals surface area contributed by atoms with Crippen LogP contribution in [0.4, 0.5) is 5.82 Å². The lowest BCUT2D eigenvalue weighted by atomic mass is 9.96. The second kappa shape index (κ2) is 8.08. The second-order valence-electron chi connectivity index (χ2n) is 7.62. The van der Waals surface area contributed by atoms with Gasteiger partial charge in [0.2, 0.25) is 0 Å². The first-order valence-corrected chi connectivity index (χ1v) is 11.2. The fourth-order valence-electron chi connectivity index (χ4n) is 3.76. The summed E-state index contributed by atoms with van der Waals surface area (Å²) in [7, 11) is -1.28. The van der Waals surface area contributed by atoms with Crippen LogP contribution < -0.4 is 4.90 Å². The highest BCUT2D eigenvalue weighted by Gasteiger charge is 2.22. The predicted molar refractivity (Wildman–Crippen MR) is 107 cm³/mol. The lowest BCUT2D eigenvalue weighted by Gasteiger charge is -2.34. The van der Waals surface area contributed by atoms with Crippen LogP contribution in [-0.4, -0.2) is 74.0 Å². The largest absolute Gasteiger partial charge is 0.392 e. The van der Waals surface area contributed by atoms with Crippen molar-refractivity contribution in [3.05, 3.63) is 24.5 Å². The van der Waals surface area contributed by atoms with Gasteiger partial charge < -0.3 is 14.9 Å². The quantitative estimate of drug-likeness (QED) is 0.798. The monoisotopic (exact) mass is 392 g/mol. The minimum atomic E-state index is -3.28. The maximum absolute atomic E-state index is 11.9. The van der Waals surface area contributed by atoms with Crippen molar-refractivity contribution in [1.82, 2.24) is 14.9 Å². The van der Waals surface area contributed by atoms with Crippen molar-refractivity contribution in [2.45, 2.75) is 30.8 Å². The van der Waals surface area contributed by atoms with Crippen molar-refractivity contribution in [1.29, 1.82) is 0 Å². The Morgan fingerprint density at radius 1 is 1.30 bits per heavy atom. The van der Waals surface area contributed by atoms with E-state index in [9.17, 15) is 13.5 Å². The highest BCUT2D eigenvalue weighted by atomic mass is 32.2. The van der Waals surface area contributed by atoms with Crippen LogP contribution in [-0.2, 0) is 9.84 Å². The zero-order chi connectivity index (χ0) is 19.6. The Labute approximate surface area is 161 Å². The molecule has 1 aromatic heterocycles. The molecule has 1 fully saturated rings. The van der Waals surface area contributed by atoms with Crippen molar-refractivity contribution in [2.75, 3.05) is 44.4 Å². The van der Waals surface area contributed by atoms with Gasteiger partial charge in [0, 0.05) is 31.8 Å². The van der Waals surface area contributed by atoms with Crippen LogP contribution in [0.1, 0.15) is 19.8 Å². The fourth-order valence-corrected chi connectivity index (χ4v) is 4.40.